The highest BCUT2D eigenvalue weighted by Gasteiger charge is 2.15. The number of hydrogen-bond donors (Lipinski definition) is 0. The minimum atomic E-state index is -0.307. The first-order valence-electron chi connectivity index (χ1n) is 6.66. The zero-order valence-corrected chi connectivity index (χ0v) is 12.4. The maximum absolute atomic E-state index is 13.6. The molecule has 21 heavy (non-hydrogen) atoms. The smallest absolute Gasteiger partial charge is 0.254 e. The van der Waals surface area contributed by atoms with E-state index in [9.17, 15) is 9.18 Å². The van der Waals surface area contributed by atoms with Gasteiger partial charge in [-0.3, -0.25) is 4.79 Å². The van der Waals surface area contributed by atoms with Gasteiger partial charge in [-0.15, -0.1) is 0 Å². The molecule has 1 amide bonds. The Kier molecular flexibility index (Phi) is 4.58. The molecule has 0 unspecified atom stereocenters. The first-order chi connectivity index (χ1) is 10.0. The number of carbonyl (C=O) groups excluding carboxylic acids is 1. The molecule has 0 saturated heterocycles. The lowest BCUT2D eigenvalue weighted by Crippen LogP contribution is -2.26. The topological polar surface area (TPSA) is 29.5 Å². The van der Waals surface area contributed by atoms with Crippen LogP contribution in [-0.2, 0) is 6.54 Å². The summed E-state index contributed by atoms with van der Waals surface area (Å²) < 4.78 is 18.9. The van der Waals surface area contributed by atoms with E-state index in [1.54, 1.807) is 44.5 Å². The van der Waals surface area contributed by atoms with Crippen molar-refractivity contribution in [1.82, 2.24) is 4.90 Å². The van der Waals surface area contributed by atoms with Crippen LogP contribution in [0.15, 0.2) is 42.5 Å². The van der Waals surface area contributed by atoms with Crippen LogP contribution in [0.1, 0.15) is 21.5 Å². The van der Waals surface area contributed by atoms with Crippen molar-refractivity contribution in [3.8, 4) is 5.75 Å². The Bertz CT molecular complexity index is 655. The van der Waals surface area contributed by atoms with Gasteiger partial charge in [-0.1, -0.05) is 24.3 Å². The molecule has 0 aliphatic heterocycles. The molecule has 2 aromatic rings. The monoisotopic (exact) mass is 287 g/mol. The summed E-state index contributed by atoms with van der Waals surface area (Å²) in [5, 5.41) is 0. The minimum absolute atomic E-state index is 0.170. The number of rotatable bonds is 4. The zero-order valence-electron chi connectivity index (χ0n) is 12.4. The fraction of sp³-hybridized carbons (Fsp3) is 0.235. The normalized spacial score (nSPS) is 10.3. The summed E-state index contributed by atoms with van der Waals surface area (Å²) >= 11 is 0. The van der Waals surface area contributed by atoms with Crippen LogP contribution in [0.25, 0.3) is 0 Å². The Morgan fingerprint density at radius 1 is 1.24 bits per heavy atom. The SMILES string of the molecule is COc1cc(C(=O)N(C)Cc2ccccc2F)ccc1C. The molecule has 0 bridgehead atoms. The van der Waals surface area contributed by atoms with Crippen molar-refractivity contribution in [1.29, 1.82) is 0 Å². The van der Waals surface area contributed by atoms with Gasteiger partial charge in [0.15, 0.2) is 0 Å². The fourth-order valence-corrected chi connectivity index (χ4v) is 2.13. The molecule has 0 aromatic heterocycles. The summed E-state index contributed by atoms with van der Waals surface area (Å²) in [6.45, 7) is 2.14. The lowest BCUT2D eigenvalue weighted by Gasteiger charge is -2.18. The summed E-state index contributed by atoms with van der Waals surface area (Å²) in [6, 6.07) is 11.7. The van der Waals surface area contributed by atoms with Crippen molar-refractivity contribution in [2.45, 2.75) is 13.5 Å². The third-order valence-electron chi connectivity index (χ3n) is 3.37. The third-order valence-corrected chi connectivity index (χ3v) is 3.37. The number of methoxy groups -OCH3 is 1. The Morgan fingerprint density at radius 3 is 2.62 bits per heavy atom. The van der Waals surface area contributed by atoms with Crippen LogP contribution < -0.4 is 4.74 Å². The van der Waals surface area contributed by atoms with Gasteiger partial charge in [0.05, 0.1) is 7.11 Å². The first kappa shape index (κ1) is 15.0. The van der Waals surface area contributed by atoms with Crippen molar-refractivity contribution in [3.63, 3.8) is 0 Å². The van der Waals surface area contributed by atoms with Crippen LogP contribution in [0, 0.1) is 12.7 Å². The second-order valence-electron chi connectivity index (χ2n) is 4.94. The molecule has 3 nitrogen and oxygen atoms in total. The van der Waals surface area contributed by atoms with Crippen LogP contribution >= 0.6 is 0 Å². The lowest BCUT2D eigenvalue weighted by molar-refractivity contribution is 0.0783. The van der Waals surface area contributed by atoms with Gasteiger partial charge in [0.25, 0.3) is 5.91 Å². The van der Waals surface area contributed by atoms with E-state index in [4.69, 9.17) is 4.74 Å². The standard InChI is InChI=1S/C17H18FNO2/c1-12-8-9-13(10-16(12)21-3)17(20)19(2)11-14-6-4-5-7-15(14)18/h4-10H,11H2,1-3H3. The quantitative estimate of drug-likeness (QED) is 0.862. The number of carbonyl (C=O) groups is 1. The number of nitrogens with zero attached hydrogens (tertiary/aromatic N) is 1. The maximum Gasteiger partial charge on any atom is 0.254 e. The largest absolute Gasteiger partial charge is 0.496 e. The summed E-state index contributed by atoms with van der Waals surface area (Å²) in [7, 11) is 3.22. The second kappa shape index (κ2) is 6.39. The molecule has 0 fully saturated rings. The van der Waals surface area contributed by atoms with Gasteiger partial charge in [0.2, 0.25) is 0 Å². The summed E-state index contributed by atoms with van der Waals surface area (Å²) in [4.78, 5) is 13.9. The Labute approximate surface area is 124 Å². The molecule has 0 radical (unpaired) electrons. The number of hydrogen-bond acceptors (Lipinski definition) is 2. The molecule has 4 heteroatoms. The molecule has 0 N–H and O–H groups in total. The average molecular weight is 287 g/mol. The minimum Gasteiger partial charge on any atom is -0.496 e. The van der Waals surface area contributed by atoms with Gasteiger partial charge in [-0.2, -0.15) is 0 Å². The van der Waals surface area contributed by atoms with Gasteiger partial charge in [-0.05, 0) is 30.7 Å². The molecule has 0 atom stereocenters. The molecule has 0 aliphatic rings. The van der Waals surface area contributed by atoms with Gasteiger partial charge < -0.3 is 9.64 Å². The Morgan fingerprint density at radius 2 is 1.95 bits per heavy atom. The number of ether oxygens (including phenoxy) is 1. The molecule has 2 aromatic carbocycles. The Balaban J connectivity index is 2.18. The van der Waals surface area contributed by atoms with E-state index in [1.165, 1.54) is 11.0 Å². The maximum atomic E-state index is 13.6. The van der Waals surface area contributed by atoms with Crippen LogP contribution in [-0.4, -0.2) is 25.0 Å². The zero-order chi connectivity index (χ0) is 15.4. The predicted octanol–water partition coefficient (Wildman–Crippen LogP) is 3.41. The molecule has 0 saturated carbocycles. The van der Waals surface area contributed by atoms with Crippen LogP contribution in [0.4, 0.5) is 4.39 Å². The van der Waals surface area contributed by atoms with E-state index in [-0.39, 0.29) is 18.3 Å². The first-order valence-corrected chi connectivity index (χ1v) is 6.66. The van der Waals surface area contributed by atoms with Crippen LogP contribution in [0.5, 0.6) is 5.75 Å². The van der Waals surface area contributed by atoms with Gasteiger partial charge in [0.1, 0.15) is 11.6 Å². The van der Waals surface area contributed by atoms with E-state index in [0.717, 1.165) is 5.56 Å². The highest BCUT2D eigenvalue weighted by Crippen LogP contribution is 2.20. The number of halogens is 1. The Hall–Kier alpha value is -2.36. The van der Waals surface area contributed by atoms with Crippen molar-refractivity contribution < 1.29 is 13.9 Å². The van der Waals surface area contributed by atoms with Crippen molar-refractivity contribution in [2.75, 3.05) is 14.2 Å². The van der Waals surface area contributed by atoms with E-state index in [0.29, 0.717) is 16.9 Å². The third kappa shape index (κ3) is 3.40. The number of aryl methyl sites for hydroxylation is 1. The van der Waals surface area contributed by atoms with Crippen molar-refractivity contribution in [2.24, 2.45) is 0 Å². The predicted molar refractivity (Wildman–Crippen MR) is 79.9 cm³/mol. The molecular weight excluding hydrogens is 269 g/mol. The number of benzene rings is 2. The average Bonchev–Trinajstić information content (AvgIpc) is 2.49. The molecule has 0 heterocycles. The van der Waals surface area contributed by atoms with Gasteiger partial charge in [-0.25, -0.2) is 4.39 Å². The van der Waals surface area contributed by atoms with Gasteiger partial charge >= 0.3 is 0 Å². The fourth-order valence-electron chi connectivity index (χ4n) is 2.13. The summed E-state index contributed by atoms with van der Waals surface area (Å²) in [6.07, 6.45) is 0. The molecule has 2 rings (SSSR count). The lowest BCUT2D eigenvalue weighted by atomic mass is 10.1. The molecule has 110 valence electrons. The van der Waals surface area contributed by atoms with E-state index in [1.807, 2.05) is 13.0 Å². The van der Waals surface area contributed by atoms with Crippen molar-refractivity contribution in [3.05, 3.63) is 65.0 Å². The second-order valence-corrected chi connectivity index (χ2v) is 4.94. The van der Waals surface area contributed by atoms with E-state index in [2.05, 4.69) is 0 Å². The van der Waals surface area contributed by atoms with Crippen molar-refractivity contribution >= 4 is 5.91 Å². The summed E-state index contributed by atoms with van der Waals surface area (Å²) in [5.41, 5.74) is 1.98. The van der Waals surface area contributed by atoms with Crippen LogP contribution in [0.2, 0.25) is 0 Å². The summed E-state index contributed by atoms with van der Waals surface area (Å²) in [5.74, 6) is 0.190. The van der Waals surface area contributed by atoms with E-state index >= 15 is 0 Å². The molecule has 0 spiro atoms. The number of amides is 1. The highest BCUT2D eigenvalue weighted by molar-refractivity contribution is 5.94. The van der Waals surface area contributed by atoms with Gasteiger partial charge in [0, 0.05) is 24.7 Å². The van der Waals surface area contributed by atoms with Crippen LogP contribution in [0.3, 0.4) is 0 Å². The molecular formula is C17H18FNO2. The van der Waals surface area contributed by atoms with E-state index < -0.39 is 0 Å². The highest BCUT2D eigenvalue weighted by atomic mass is 19.1. The molecule has 0 aliphatic carbocycles.